The van der Waals surface area contributed by atoms with Crippen LogP contribution in [0.25, 0.3) is 0 Å². The van der Waals surface area contributed by atoms with Crippen molar-refractivity contribution in [2.75, 3.05) is 31.7 Å². The van der Waals surface area contributed by atoms with Gasteiger partial charge in [-0.3, -0.25) is 0 Å². The Bertz CT molecular complexity index is 398. The lowest BCUT2D eigenvalue weighted by molar-refractivity contribution is 0.0531. The Morgan fingerprint density at radius 2 is 2.21 bits per heavy atom. The fourth-order valence-electron chi connectivity index (χ4n) is 3.00. The summed E-state index contributed by atoms with van der Waals surface area (Å²) in [4.78, 5) is 6.87. The van der Waals surface area contributed by atoms with Crippen molar-refractivity contribution in [1.29, 1.82) is 0 Å². The first-order valence-electron chi connectivity index (χ1n) is 7.05. The average Bonchev–Trinajstić information content (AvgIpc) is 3.10. The number of hydrogen-bond acceptors (Lipinski definition) is 6. The van der Waals surface area contributed by atoms with E-state index in [-0.39, 0.29) is 0 Å². The van der Waals surface area contributed by atoms with Crippen molar-refractivity contribution in [3.8, 4) is 0 Å². The third-order valence-corrected chi connectivity index (χ3v) is 4.85. The molecular weight excluding hydrogens is 262 g/mol. The van der Waals surface area contributed by atoms with E-state index < -0.39 is 0 Å². The Morgan fingerprint density at radius 3 is 2.89 bits per heavy atom. The molecule has 3 rings (SSSR count). The van der Waals surface area contributed by atoms with Crippen LogP contribution in [0.1, 0.15) is 31.5 Å². The van der Waals surface area contributed by atoms with E-state index in [2.05, 4.69) is 14.3 Å². The van der Waals surface area contributed by atoms with E-state index in [1.54, 1.807) is 7.11 Å². The average molecular weight is 283 g/mol. The van der Waals surface area contributed by atoms with Crippen molar-refractivity contribution in [3.05, 3.63) is 5.82 Å². The van der Waals surface area contributed by atoms with E-state index in [0.29, 0.717) is 12.7 Å². The molecule has 2 saturated heterocycles. The minimum absolute atomic E-state index is 0.503. The van der Waals surface area contributed by atoms with Crippen LogP contribution in [0.5, 0.6) is 0 Å². The molecule has 0 bridgehead atoms. The Labute approximate surface area is 118 Å². The number of anilines is 1. The fraction of sp³-hybridized carbons (Fsp3) is 0.846. The summed E-state index contributed by atoms with van der Waals surface area (Å²) < 4.78 is 15.2. The molecule has 0 radical (unpaired) electrons. The molecule has 2 fully saturated rings. The normalized spacial score (nSPS) is 25.1. The first-order valence-corrected chi connectivity index (χ1v) is 7.82. The van der Waals surface area contributed by atoms with E-state index in [0.717, 1.165) is 36.6 Å². The van der Waals surface area contributed by atoms with Crippen LogP contribution in [-0.2, 0) is 16.1 Å². The van der Waals surface area contributed by atoms with Crippen LogP contribution in [0, 0.1) is 5.92 Å². The van der Waals surface area contributed by atoms with E-state index in [1.165, 1.54) is 37.2 Å². The molecule has 1 unspecified atom stereocenters. The van der Waals surface area contributed by atoms with Gasteiger partial charge in [-0.1, -0.05) is 0 Å². The summed E-state index contributed by atoms with van der Waals surface area (Å²) in [6.45, 7) is 3.61. The van der Waals surface area contributed by atoms with Crippen LogP contribution in [0.4, 0.5) is 5.13 Å². The molecule has 1 aromatic rings. The lowest BCUT2D eigenvalue weighted by atomic mass is 9.90. The third-order valence-electron chi connectivity index (χ3n) is 4.03. The van der Waals surface area contributed by atoms with Crippen molar-refractivity contribution in [2.24, 2.45) is 5.92 Å². The number of nitrogens with zero attached hydrogens (tertiary/aromatic N) is 3. The summed E-state index contributed by atoms with van der Waals surface area (Å²) in [5.74, 6) is 1.54. The van der Waals surface area contributed by atoms with Gasteiger partial charge in [-0.05, 0) is 31.6 Å². The number of aromatic nitrogens is 2. The minimum Gasteiger partial charge on any atom is -0.378 e. The highest BCUT2D eigenvalue weighted by atomic mass is 32.1. The molecule has 0 spiro atoms. The highest BCUT2D eigenvalue weighted by molar-refractivity contribution is 7.09. The van der Waals surface area contributed by atoms with Crippen LogP contribution >= 0.6 is 11.5 Å². The molecule has 1 atom stereocenters. The maximum Gasteiger partial charge on any atom is 0.205 e. The molecule has 0 saturated carbocycles. The Hall–Kier alpha value is -0.720. The second-order valence-electron chi connectivity index (χ2n) is 5.30. The zero-order chi connectivity index (χ0) is 13.1. The minimum atomic E-state index is 0.503. The quantitative estimate of drug-likeness (QED) is 0.846. The summed E-state index contributed by atoms with van der Waals surface area (Å²) in [6, 6.07) is 0. The van der Waals surface area contributed by atoms with Crippen molar-refractivity contribution >= 4 is 16.7 Å². The maximum absolute atomic E-state index is 5.81. The van der Waals surface area contributed by atoms with Gasteiger partial charge in [-0.25, -0.2) is 4.98 Å². The van der Waals surface area contributed by atoms with Gasteiger partial charge in [0.25, 0.3) is 0 Å². The van der Waals surface area contributed by atoms with Crippen molar-refractivity contribution < 1.29 is 9.47 Å². The molecule has 5 nitrogen and oxygen atoms in total. The Morgan fingerprint density at radius 1 is 1.37 bits per heavy atom. The predicted molar refractivity (Wildman–Crippen MR) is 74.5 cm³/mol. The van der Waals surface area contributed by atoms with Gasteiger partial charge >= 0.3 is 0 Å². The summed E-state index contributed by atoms with van der Waals surface area (Å²) in [5.41, 5.74) is 0. The number of piperidine rings is 1. The molecule has 3 heterocycles. The molecule has 106 valence electrons. The molecule has 19 heavy (non-hydrogen) atoms. The lowest BCUT2D eigenvalue weighted by Gasteiger charge is -2.33. The van der Waals surface area contributed by atoms with Crippen molar-refractivity contribution in [2.45, 2.75) is 38.4 Å². The topological polar surface area (TPSA) is 47.5 Å². The van der Waals surface area contributed by atoms with Gasteiger partial charge in [0, 0.05) is 38.3 Å². The van der Waals surface area contributed by atoms with Crippen LogP contribution in [0.15, 0.2) is 0 Å². The molecular formula is C13H21N3O2S. The van der Waals surface area contributed by atoms with Gasteiger partial charge in [0.2, 0.25) is 5.13 Å². The monoisotopic (exact) mass is 283 g/mol. The molecule has 0 N–H and O–H groups in total. The predicted octanol–water partition coefficient (Wildman–Crippen LogP) is 2.08. The third kappa shape index (κ3) is 3.07. The number of hydrogen-bond donors (Lipinski definition) is 0. The molecule has 0 aliphatic carbocycles. The second kappa shape index (κ2) is 6.15. The highest BCUT2D eigenvalue weighted by Gasteiger charge is 2.30. The van der Waals surface area contributed by atoms with Crippen LogP contribution in [0.3, 0.4) is 0 Å². The molecule has 1 aromatic heterocycles. The van der Waals surface area contributed by atoms with Gasteiger partial charge in [-0.2, -0.15) is 4.37 Å². The smallest absolute Gasteiger partial charge is 0.205 e. The first kappa shape index (κ1) is 13.3. The van der Waals surface area contributed by atoms with E-state index in [9.17, 15) is 0 Å². The van der Waals surface area contributed by atoms with Gasteiger partial charge in [-0.15, -0.1) is 0 Å². The Balaban J connectivity index is 1.53. The molecule has 2 aliphatic rings. The number of methoxy groups -OCH3 is 1. The molecule has 6 heteroatoms. The summed E-state index contributed by atoms with van der Waals surface area (Å²) in [7, 11) is 1.67. The van der Waals surface area contributed by atoms with Crippen LogP contribution in [-0.4, -0.2) is 42.3 Å². The van der Waals surface area contributed by atoms with Gasteiger partial charge in [0.05, 0.1) is 6.10 Å². The highest BCUT2D eigenvalue weighted by Crippen LogP contribution is 2.31. The molecule has 2 aliphatic heterocycles. The second-order valence-corrected chi connectivity index (χ2v) is 6.03. The summed E-state index contributed by atoms with van der Waals surface area (Å²) in [5, 5.41) is 1.04. The SMILES string of the molecule is COCc1nsc(N2CCC(C3CCCO3)CC2)n1. The van der Waals surface area contributed by atoms with Crippen LogP contribution < -0.4 is 4.90 Å². The zero-order valence-electron chi connectivity index (χ0n) is 11.4. The fourth-order valence-corrected chi connectivity index (χ4v) is 3.72. The van der Waals surface area contributed by atoms with E-state index in [4.69, 9.17) is 9.47 Å². The van der Waals surface area contributed by atoms with Gasteiger partial charge < -0.3 is 14.4 Å². The lowest BCUT2D eigenvalue weighted by Crippen LogP contribution is -2.37. The Kier molecular flexibility index (Phi) is 4.30. The van der Waals surface area contributed by atoms with Crippen molar-refractivity contribution in [1.82, 2.24) is 9.36 Å². The molecule has 0 aromatic carbocycles. The van der Waals surface area contributed by atoms with E-state index in [1.807, 2.05) is 0 Å². The summed E-state index contributed by atoms with van der Waals surface area (Å²) >= 11 is 1.48. The largest absolute Gasteiger partial charge is 0.378 e. The zero-order valence-corrected chi connectivity index (χ0v) is 12.2. The standard InChI is InChI=1S/C13H21N3O2S/c1-17-9-12-14-13(19-15-12)16-6-4-10(5-7-16)11-3-2-8-18-11/h10-11H,2-9H2,1H3. The first-order chi connectivity index (χ1) is 9.36. The van der Waals surface area contributed by atoms with Crippen molar-refractivity contribution in [3.63, 3.8) is 0 Å². The number of rotatable bonds is 4. The van der Waals surface area contributed by atoms with E-state index >= 15 is 0 Å². The van der Waals surface area contributed by atoms with Gasteiger partial charge in [0.1, 0.15) is 6.61 Å². The maximum atomic E-state index is 5.81. The number of ether oxygens (including phenoxy) is 2. The molecule has 0 amide bonds. The van der Waals surface area contributed by atoms with Gasteiger partial charge in [0.15, 0.2) is 5.82 Å². The summed E-state index contributed by atoms with van der Waals surface area (Å²) in [6.07, 6.45) is 5.43. The van der Waals surface area contributed by atoms with Crippen LogP contribution in [0.2, 0.25) is 0 Å².